The second-order valence-corrected chi connectivity index (χ2v) is 12.6. The van der Waals surface area contributed by atoms with Gasteiger partial charge in [0, 0.05) is 63.5 Å². The molecule has 3 fully saturated rings. The van der Waals surface area contributed by atoms with Crippen LogP contribution in [0.1, 0.15) is 67.4 Å². The van der Waals surface area contributed by atoms with Crippen LogP contribution in [0.15, 0.2) is 36.8 Å². The van der Waals surface area contributed by atoms with E-state index in [4.69, 9.17) is 0 Å². The molecule has 2 amide bonds. The predicted molar refractivity (Wildman–Crippen MR) is 159 cm³/mol. The SMILES string of the molecule is CC(=O)N1CCC(CN2CC[C@@H](Cc3cn(-c4ccc(F)cc4C(=O)N4CCC[C@H]4C)c4cncc(C)c34)C2)CC1. The number of amides is 2. The Morgan fingerprint density at radius 2 is 1.80 bits per heavy atom. The van der Waals surface area contributed by atoms with Crippen molar-refractivity contribution in [1.82, 2.24) is 24.3 Å². The standard InChI is InChI=1S/C33H42FN5O2/c1-22-17-35-18-31-32(22)27(15-26-8-12-36(20-26)19-25-9-13-37(14-10-25)24(3)40)21-39(31)30-7-6-28(34)16-29(30)33(41)38-11-4-5-23(38)2/h6-7,16-18,21,23,25-26H,4-5,8-15,19-20H2,1-3H3/t23-,26+/m1/s1. The number of nitrogens with zero attached hydrogens (tertiary/aromatic N) is 5. The molecule has 3 aliphatic heterocycles. The number of pyridine rings is 1. The fourth-order valence-electron chi connectivity index (χ4n) is 7.43. The molecule has 3 aliphatic rings. The highest BCUT2D eigenvalue weighted by Gasteiger charge is 2.31. The van der Waals surface area contributed by atoms with Crippen LogP contribution < -0.4 is 0 Å². The van der Waals surface area contributed by atoms with Gasteiger partial charge in [-0.05, 0) is 100 Å². The monoisotopic (exact) mass is 559 g/mol. The van der Waals surface area contributed by atoms with Crippen molar-refractivity contribution in [3.63, 3.8) is 0 Å². The molecule has 0 spiro atoms. The molecule has 1 aromatic carbocycles. The van der Waals surface area contributed by atoms with Crippen molar-refractivity contribution in [3.8, 4) is 5.69 Å². The molecule has 7 nitrogen and oxygen atoms in total. The van der Waals surface area contributed by atoms with Gasteiger partial charge < -0.3 is 19.3 Å². The van der Waals surface area contributed by atoms with Crippen LogP contribution in [0, 0.1) is 24.6 Å². The minimum atomic E-state index is -0.395. The fraction of sp³-hybridized carbons (Fsp3) is 0.545. The third-order valence-electron chi connectivity index (χ3n) is 9.70. The molecule has 0 unspecified atom stereocenters. The van der Waals surface area contributed by atoms with Crippen LogP contribution in [-0.4, -0.2) is 81.4 Å². The van der Waals surface area contributed by atoms with Gasteiger partial charge in [-0.3, -0.25) is 14.6 Å². The lowest BCUT2D eigenvalue weighted by Crippen LogP contribution is -2.40. The molecule has 41 heavy (non-hydrogen) atoms. The molecule has 0 saturated carbocycles. The second kappa shape index (κ2) is 11.6. The summed E-state index contributed by atoms with van der Waals surface area (Å²) in [6, 6.07) is 4.74. The normalized spacial score (nSPS) is 22.2. The van der Waals surface area contributed by atoms with Crippen molar-refractivity contribution in [2.45, 2.75) is 65.3 Å². The molecule has 0 N–H and O–H groups in total. The van der Waals surface area contributed by atoms with Crippen molar-refractivity contribution in [2.75, 3.05) is 39.3 Å². The van der Waals surface area contributed by atoms with Gasteiger partial charge in [0.05, 0.1) is 23.0 Å². The Bertz CT molecular complexity index is 1440. The second-order valence-electron chi connectivity index (χ2n) is 12.6. The molecule has 0 aliphatic carbocycles. The number of benzene rings is 1. The van der Waals surface area contributed by atoms with E-state index < -0.39 is 5.82 Å². The third kappa shape index (κ3) is 5.63. The van der Waals surface area contributed by atoms with Gasteiger partial charge in [0.2, 0.25) is 5.91 Å². The summed E-state index contributed by atoms with van der Waals surface area (Å²) in [6.07, 6.45) is 12.2. The number of carbonyl (C=O) groups excluding carboxylic acids is 2. The Morgan fingerprint density at radius 3 is 2.54 bits per heavy atom. The molecule has 5 heterocycles. The lowest BCUT2D eigenvalue weighted by Gasteiger charge is -2.33. The highest BCUT2D eigenvalue weighted by molar-refractivity contribution is 5.99. The zero-order valence-corrected chi connectivity index (χ0v) is 24.6. The van der Waals surface area contributed by atoms with E-state index in [1.807, 2.05) is 22.2 Å². The van der Waals surface area contributed by atoms with Crippen LogP contribution in [0.2, 0.25) is 0 Å². The van der Waals surface area contributed by atoms with E-state index in [0.717, 1.165) is 82.3 Å². The van der Waals surface area contributed by atoms with Crippen LogP contribution in [0.3, 0.4) is 0 Å². The fourth-order valence-corrected chi connectivity index (χ4v) is 7.43. The number of hydrogen-bond donors (Lipinski definition) is 0. The van der Waals surface area contributed by atoms with E-state index >= 15 is 0 Å². The third-order valence-corrected chi connectivity index (χ3v) is 9.70. The van der Waals surface area contributed by atoms with Gasteiger partial charge in [0.25, 0.3) is 5.91 Å². The molecule has 6 rings (SSSR count). The minimum Gasteiger partial charge on any atom is -0.343 e. The van der Waals surface area contributed by atoms with Gasteiger partial charge in [-0.1, -0.05) is 0 Å². The first-order valence-corrected chi connectivity index (χ1v) is 15.3. The topological polar surface area (TPSA) is 61.7 Å². The summed E-state index contributed by atoms with van der Waals surface area (Å²) in [4.78, 5) is 36.3. The summed E-state index contributed by atoms with van der Waals surface area (Å²) >= 11 is 0. The van der Waals surface area contributed by atoms with E-state index in [1.54, 1.807) is 13.0 Å². The van der Waals surface area contributed by atoms with Crippen LogP contribution in [-0.2, 0) is 11.2 Å². The maximum absolute atomic E-state index is 14.5. The first-order chi connectivity index (χ1) is 19.8. The summed E-state index contributed by atoms with van der Waals surface area (Å²) in [5.74, 6) is 0.908. The van der Waals surface area contributed by atoms with Crippen LogP contribution in [0.5, 0.6) is 0 Å². The van der Waals surface area contributed by atoms with Crippen molar-refractivity contribution >= 4 is 22.7 Å². The molecule has 2 aromatic heterocycles. The number of rotatable bonds is 6. The Hall–Kier alpha value is -3.26. The maximum Gasteiger partial charge on any atom is 0.256 e. The predicted octanol–water partition coefficient (Wildman–Crippen LogP) is 5.22. The summed E-state index contributed by atoms with van der Waals surface area (Å²) in [6.45, 7) is 11.6. The largest absolute Gasteiger partial charge is 0.343 e. The van der Waals surface area contributed by atoms with Crippen molar-refractivity contribution in [3.05, 3.63) is 59.3 Å². The number of halogens is 1. The van der Waals surface area contributed by atoms with Crippen LogP contribution in [0.4, 0.5) is 4.39 Å². The highest BCUT2D eigenvalue weighted by atomic mass is 19.1. The summed E-state index contributed by atoms with van der Waals surface area (Å²) in [5, 5.41) is 1.19. The van der Waals surface area contributed by atoms with E-state index in [-0.39, 0.29) is 17.9 Å². The number of aryl methyl sites for hydroxylation is 1. The molecule has 3 aromatic rings. The Morgan fingerprint density at radius 1 is 1.02 bits per heavy atom. The molecule has 0 radical (unpaired) electrons. The number of piperidine rings is 1. The molecule has 0 bridgehead atoms. The summed E-state index contributed by atoms with van der Waals surface area (Å²) < 4.78 is 16.6. The smallest absolute Gasteiger partial charge is 0.256 e. The van der Waals surface area contributed by atoms with E-state index in [2.05, 4.69) is 34.5 Å². The van der Waals surface area contributed by atoms with Gasteiger partial charge in [-0.2, -0.15) is 0 Å². The average Bonchev–Trinajstić information content (AvgIpc) is 3.68. The van der Waals surface area contributed by atoms with E-state index in [9.17, 15) is 14.0 Å². The maximum atomic E-state index is 14.5. The zero-order valence-electron chi connectivity index (χ0n) is 24.6. The molecule has 3 saturated heterocycles. The van der Waals surface area contributed by atoms with E-state index in [0.29, 0.717) is 29.6 Å². The molecule has 8 heteroatoms. The van der Waals surface area contributed by atoms with Crippen molar-refractivity contribution in [1.29, 1.82) is 0 Å². The lowest BCUT2D eigenvalue weighted by atomic mass is 9.96. The van der Waals surface area contributed by atoms with Crippen molar-refractivity contribution < 1.29 is 14.0 Å². The van der Waals surface area contributed by atoms with Gasteiger partial charge in [0.1, 0.15) is 5.82 Å². The number of carbonyl (C=O) groups is 2. The van der Waals surface area contributed by atoms with Gasteiger partial charge >= 0.3 is 0 Å². The highest BCUT2D eigenvalue weighted by Crippen LogP contribution is 2.33. The van der Waals surface area contributed by atoms with E-state index in [1.165, 1.54) is 23.1 Å². The Labute approximate surface area is 242 Å². The number of aromatic nitrogens is 2. The number of fused-ring (bicyclic) bond motifs is 1. The molecular formula is C33H42FN5O2. The molecule has 2 atom stereocenters. The summed E-state index contributed by atoms with van der Waals surface area (Å²) in [7, 11) is 0. The van der Waals surface area contributed by atoms with Crippen LogP contribution >= 0.6 is 0 Å². The zero-order chi connectivity index (χ0) is 28.7. The Kier molecular flexibility index (Phi) is 7.86. The first-order valence-electron chi connectivity index (χ1n) is 15.3. The van der Waals surface area contributed by atoms with Gasteiger partial charge in [-0.15, -0.1) is 0 Å². The molecule has 218 valence electrons. The molecular weight excluding hydrogens is 517 g/mol. The number of likely N-dealkylation sites (tertiary alicyclic amines) is 3. The first kappa shape index (κ1) is 27.9. The number of hydrogen-bond acceptors (Lipinski definition) is 4. The van der Waals surface area contributed by atoms with Gasteiger partial charge in [-0.25, -0.2) is 4.39 Å². The lowest BCUT2D eigenvalue weighted by molar-refractivity contribution is -0.130. The Balaban J connectivity index is 1.23. The quantitative estimate of drug-likeness (QED) is 0.416. The van der Waals surface area contributed by atoms with Crippen molar-refractivity contribution in [2.24, 2.45) is 11.8 Å². The van der Waals surface area contributed by atoms with Gasteiger partial charge in [0.15, 0.2) is 0 Å². The minimum absolute atomic E-state index is 0.103. The average molecular weight is 560 g/mol. The summed E-state index contributed by atoms with van der Waals surface area (Å²) in [5.41, 5.74) is 4.46. The van der Waals surface area contributed by atoms with Crippen LogP contribution in [0.25, 0.3) is 16.6 Å².